The van der Waals surface area contributed by atoms with Crippen LogP contribution in [0, 0.1) is 0 Å². The SMILES string of the molecule is CC(C)OC1=Nc2cc(Br)ccc2SN1. The number of rotatable bonds is 1. The molecule has 0 saturated heterocycles. The summed E-state index contributed by atoms with van der Waals surface area (Å²) in [5, 5.41) is 0. The molecule has 0 atom stereocenters. The van der Waals surface area contributed by atoms with E-state index < -0.39 is 0 Å². The molecule has 0 bridgehead atoms. The first-order valence-corrected chi connectivity index (χ1v) is 6.24. The van der Waals surface area contributed by atoms with E-state index in [4.69, 9.17) is 4.74 Å². The van der Waals surface area contributed by atoms with E-state index in [9.17, 15) is 0 Å². The molecule has 1 heterocycles. The maximum Gasteiger partial charge on any atom is 0.300 e. The number of fused-ring (bicyclic) bond motifs is 1. The minimum atomic E-state index is 0.130. The van der Waals surface area contributed by atoms with Gasteiger partial charge in [0.2, 0.25) is 0 Å². The number of hydrogen-bond donors (Lipinski definition) is 1. The van der Waals surface area contributed by atoms with E-state index in [1.165, 1.54) is 11.9 Å². The standard InChI is InChI=1S/C10H11BrN2OS/c1-6(2)14-10-12-8-5-7(11)3-4-9(8)15-13-10/h3-6H,1-2H3,(H,12,13). The normalized spacial score (nSPS) is 14.3. The van der Waals surface area contributed by atoms with Crippen molar-refractivity contribution in [3.05, 3.63) is 22.7 Å². The van der Waals surface area contributed by atoms with Gasteiger partial charge in [-0.05, 0) is 44.0 Å². The molecule has 0 fully saturated rings. The molecule has 5 heteroatoms. The van der Waals surface area contributed by atoms with E-state index in [1.54, 1.807) is 0 Å². The van der Waals surface area contributed by atoms with Gasteiger partial charge >= 0.3 is 6.02 Å². The van der Waals surface area contributed by atoms with Crippen molar-refractivity contribution >= 4 is 39.6 Å². The van der Waals surface area contributed by atoms with Crippen molar-refractivity contribution in [2.24, 2.45) is 4.99 Å². The first-order valence-electron chi connectivity index (χ1n) is 4.63. The number of ether oxygens (including phenoxy) is 1. The van der Waals surface area contributed by atoms with Crippen molar-refractivity contribution in [2.45, 2.75) is 24.8 Å². The summed E-state index contributed by atoms with van der Waals surface area (Å²) in [6, 6.07) is 6.57. The van der Waals surface area contributed by atoms with Gasteiger partial charge < -0.3 is 4.74 Å². The van der Waals surface area contributed by atoms with Crippen LogP contribution in [0.4, 0.5) is 5.69 Å². The van der Waals surface area contributed by atoms with Crippen LogP contribution in [-0.4, -0.2) is 12.1 Å². The third-order valence-corrected chi connectivity index (χ3v) is 3.07. The van der Waals surface area contributed by atoms with Gasteiger partial charge in [-0.1, -0.05) is 15.9 Å². The summed E-state index contributed by atoms with van der Waals surface area (Å²) in [6.45, 7) is 3.95. The Morgan fingerprint density at radius 3 is 3.00 bits per heavy atom. The fourth-order valence-corrected chi connectivity index (χ4v) is 2.15. The van der Waals surface area contributed by atoms with Crippen LogP contribution in [0.15, 0.2) is 32.6 Å². The van der Waals surface area contributed by atoms with Crippen molar-refractivity contribution in [3.63, 3.8) is 0 Å². The Balaban J connectivity index is 2.27. The Kier molecular flexibility index (Phi) is 3.21. The van der Waals surface area contributed by atoms with Gasteiger partial charge in [0.25, 0.3) is 0 Å². The maximum atomic E-state index is 5.49. The molecule has 80 valence electrons. The number of amidine groups is 1. The zero-order valence-electron chi connectivity index (χ0n) is 8.45. The van der Waals surface area contributed by atoms with Gasteiger partial charge in [-0.15, -0.1) is 0 Å². The average Bonchev–Trinajstić information content (AvgIpc) is 2.16. The average molecular weight is 287 g/mol. The first kappa shape index (κ1) is 10.8. The number of hydrogen-bond acceptors (Lipinski definition) is 4. The van der Waals surface area contributed by atoms with E-state index in [0.717, 1.165) is 15.1 Å². The summed E-state index contributed by atoms with van der Waals surface area (Å²) in [7, 11) is 0. The lowest BCUT2D eigenvalue weighted by atomic mass is 10.3. The molecule has 1 aliphatic rings. The topological polar surface area (TPSA) is 33.6 Å². The third-order valence-electron chi connectivity index (χ3n) is 1.74. The van der Waals surface area contributed by atoms with E-state index in [0.29, 0.717) is 6.02 Å². The minimum Gasteiger partial charge on any atom is -0.462 e. The number of nitrogens with one attached hydrogen (secondary N) is 1. The van der Waals surface area contributed by atoms with Crippen molar-refractivity contribution in [1.29, 1.82) is 0 Å². The molecule has 0 aliphatic carbocycles. The summed E-state index contributed by atoms with van der Waals surface area (Å²) < 4.78 is 9.57. The first-order chi connectivity index (χ1) is 7.15. The molecule has 3 nitrogen and oxygen atoms in total. The fraction of sp³-hybridized carbons (Fsp3) is 0.300. The Hall–Kier alpha value is -0.680. The quantitative estimate of drug-likeness (QED) is 0.803. The molecule has 2 rings (SSSR count). The van der Waals surface area contributed by atoms with Crippen molar-refractivity contribution < 1.29 is 4.74 Å². The van der Waals surface area contributed by atoms with Crippen LogP contribution >= 0.6 is 27.9 Å². The highest BCUT2D eigenvalue weighted by Gasteiger charge is 2.14. The summed E-state index contributed by atoms with van der Waals surface area (Å²) >= 11 is 4.94. The molecule has 15 heavy (non-hydrogen) atoms. The van der Waals surface area contributed by atoms with Crippen LogP contribution in [-0.2, 0) is 4.74 Å². The summed E-state index contributed by atoms with van der Waals surface area (Å²) in [5.74, 6) is 0. The smallest absolute Gasteiger partial charge is 0.300 e. The van der Waals surface area contributed by atoms with Crippen molar-refractivity contribution in [3.8, 4) is 0 Å². The Labute approximate surface area is 102 Å². The monoisotopic (exact) mass is 286 g/mol. The van der Waals surface area contributed by atoms with E-state index in [1.807, 2.05) is 32.0 Å². The van der Waals surface area contributed by atoms with Crippen LogP contribution in [0.2, 0.25) is 0 Å². The largest absolute Gasteiger partial charge is 0.462 e. The number of benzene rings is 1. The Morgan fingerprint density at radius 1 is 1.47 bits per heavy atom. The second-order valence-corrected chi connectivity index (χ2v) is 5.16. The van der Waals surface area contributed by atoms with E-state index in [2.05, 4.69) is 25.6 Å². The van der Waals surface area contributed by atoms with Gasteiger partial charge in [0.15, 0.2) is 0 Å². The number of nitrogens with zero attached hydrogens (tertiary/aromatic N) is 1. The number of aliphatic imine (C=N–C) groups is 1. The second-order valence-electron chi connectivity index (χ2n) is 3.40. The fourth-order valence-electron chi connectivity index (χ4n) is 1.17. The van der Waals surface area contributed by atoms with Gasteiger partial charge in [-0.2, -0.15) is 4.99 Å². The summed E-state index contributed by atoms with van der Waals surface area (Å²) in [5.41, 5.74) is 0.934. The maximum absolute atomic E-state index is 5.49. The van der Waals surface area contributed by atoms with Crippen LogP contribution in [0.25, 0.3) is 0 Å². The Morgan fingerprint density at radius 2 is 2.27 bits per heavy atom. The lowest BCUT2D eigenvalue weighted by Crippen LogP contribution is -2.24. The van der Waals surface area contributed by atoms with Gasteiger partial charge in [0, 0.05) is 4.47 Å². The highest BCUT2D eigenvalue weighted by molar-refractivity contribution is 9.10. The molecule has 0 radical (unpaired) electrons. The molecular formula is C10H11BrN2OS. The molecule has 1 aromatic carbocycles. The van der Waals surface area contributed by atoms with Gasteiger partial charge in [-0.3, -0.25) is 4.72 Å². The van der Waals surface area contributed by atoms with Crippen molar-refractivity contribution in [2.75, 3.05) is 0 Å². The highest BCUT2D eigenvalue weighted by Crippen LogP contribution is 2.33. The van der Waals surface area contributed by atoms with Crippen LogP contribution < -0.4 is 4.72 Å². The van der Waals surface area contributed by atoms with E-state index >= 15 is 0 Å². The molecule has 0 unspecified atom stereocenters. The lowest BCUT2D eigenvalue weighted by Gasteiger charge is -2.18. The predicted octanol–water partition coefficient (Wildman–Crippen LogP) is 3.47. The third kappa shape index (κ3) is 2.66. The summed E-state index contributed by atoms with van der Waals surface area (Å²) in [6.07, 6.45) is 0.130. The minimum absolute atomic E-state index is 0.130. The van der Waals surface area contributed by atoms with E-state index in [-0.39, 0.29) is 6.10 Å². The zero-order chi connectivity index (χ0) is 10.8. The predicted molar refractivity (Wildman–Crippen MR) is 66.5 cm³/mol. The highest BCUT2D eigenvalue weighted by atomic mass is 79.9. The molecule has 0 spiro atoms. The van der Waals surface area contributed by atoms with Crippen LogP contribution in [0.1, 0.15) is 13.8 Å². The molecule has 0 saturated carbocycles. The molecule has 0 aromatic heterocycles. The van der Waals surface area contributed by atoms with Gasteiger partial charge in [0.05, 0.1) is 16.7 Å². The molecule has 1 N–H and O–H groups in total. The number of halogens is 1. The Bertz CT molecular complexity index is 406. The zero-order valence-corrected chi connectivity index (χ0v) is 10.9. The molecule has 1 aliphatic heterocycles. The molecule has 1 aromatic rings. The van der Waals surface area contributed by atoms with Gasteiger partial charge in [-0.25, -0.2) is 0 Å². The molecular weight excluding hydrogens is 276 g/mol. The lowest BCUT2D eigenvalue weighted by molar-refractivity contribution is 0.222. The molecule has 0 amide bonds. The summed E-state index contributed by atoms with van der Waals surface area (Å²) in [4.78, 5) is 5.48. The van der Waals surface area contributed by atoms with Crippen molar-refractivity contribution in [1.82, 2.24) is 4.72 Å². The second kappa shape index (κ2) is 4.45. The van der Waals surface area contributed by atoms with Crippen LogP contribution in [0.3, 0.4) is 0 Å². The van der Waals surface area contributed by atoms with Crippen LogP contribution in [0.5, 0.6) is 0 Å². The van der Waals surface area contributed by atoms with Gasteiger partial charge in [0.1, 0.15) is 0 Å².